The lowest BCUT2D eigenvalue weighted by molar-refractivity contribution is 0.0901. The Bertz CT molecular complexity index is 1260. The Morgan fingerprint density at radius 1 is 1.09 bits per heavy atom. The van der Waals surface area contributed by atoms with E-state index in [1.165, 1.54) is 10.4 Å². The van der Waals surface area contributed by atoms with Gasteiger partial charge in [0.25, 0.3) is 0 Å². The van der Waals surface area contributed by atoms with E-state index in [1.807, 2.05) is 42.4 Å². The highest BCUT2D eigenvalue weighted by Crippen LogP contribution is 2.25. The van der Waals surface area contributed by atoms with Crippen LogP contribution in [0.1, 0.15) is 27.5 Å². The van der Waals surface area contributed by atoms with Crippen molar-refractivity contribution >= 4 is 27.4 Å². The van der Waals surface area contributed by atoms with Crippen molar-refractivity contribution in [2.75, 3.05) is 32.7 Å². The molecule has 32 heavy (non-hydrogen) atoms. The first-order valence-corrected chi connectivity index (χ1v) is 12.1. The molecule has 3 heterocycles. The van der Waals surface area contributed by atoms with E-state index in [0.717, 1.165) is 11.4 Å². The summed E-state index contributed by atoms with van der Waals surface area (Å²) in [5.74, 6) is 1.34. The highest BCUT2D eigenvalue weighted by Gasteiger charge is 2.31. The van der Waals surface area contributed by atoms with E-state index in [4.69, 9.17) is 16.1 Å². The Morgan fingerprint density at radius 2 is 1.78 bits per heavy atom. The van der Waals surface area contributed by atoms with Crippen molar-refractivity contribution < 1.29 is 17.7 Å². The number of rotatable bonds is 6. The summed E-state index contributed by atoms with van der Waals surface area (Å²) in [6.45, 7) is 7.40. The Balaban J connectivity index is 1.43. The van der Waals surface area contributed by atoms with E-state index in [9.17, 15) is 13.2 Å². The number of carbonyl (C=O) groups is 1. The normalized spacial score (nSPS) is 15.9. The first-order chi connectivity index (χ1) is 15.2. The highest BCUT2D eigenvalue weighted by molar-refractivity contribution is 7.89. The summed E-state index contributed by atoms with van der Waals surface area (Å²) >= 11 is 6.10. The van der Waals surface area contributed by atoms with Crippen molar-refractivity contribution in [3.63, 3.8) is 0 Å². The smallest absolute Gasteiger partial charge is 0.244 e. The SMILES string of the molecule is Cc1cc(-n2c(C)cc(C(=O)CN3CCN(S(=O)(=O)c4ccccc4Cl)CC3)c2C)no1. The molecule has 0 unspecified atom stereocenters. The lowest BCUT2D eigenvalue weighted by atomic mass is 10.1. The van der Waals surface area contributed by atoms with E-state index in [2.05, 4.69) is 5.16 Å². The van der Waals surface area contributed by atoms with Crippen LogP contribution in [0.5, 0.6) is 0 Å². The number of nitrogens with zero attached hydrogens (tertiary/aromatic N) is 4. The number of benzene rings is 1. The second-order valence-electron chi connectivity index (χ2n) is 7.95. The predicted octanol–water partition coefficient (Wildman–Crippen LogP) is 3.23. The maximum Gasteiger partial charge on any atom is 0.244 e. The molecule has 0 N–H and O–H groups in total. The van der Waals surface area contributed by atoms with Gasteiger partial charge in [0.1, 0.15) is 10.7 Å². The van der Waals surface area contributed by atoms with Crippen LogP contribution >= 0.6 is 11.6 Å². The summed E-state index contributed by atoms with van der Waals surface area (Å²) in [5.41, 5.74) is 2.34. The van der Waals surface area contributed by atoms with Crippen LogP contribution in [0.4, 0.5) is 0 Å². The van der Waals surface area contributed by atoms with Gasteiger partial charge in [-0.15, -0.1) is 0 Å². The van der Waals surface area contributed by atoms with Gasteiger partial charge in [0.15, 0.2) is 11.6 Å². The Kier molecular flexibility index (Phi) is 6.26. The van der Waals surface area contributed by atoms with Crippen molar-refractivity contribution in [2.24, 2.45) is 0 Å². The average Bonchev–Trinajstić information content (AvgIpc) is 3.30. The van der Waals surface area contributed by atoms with Crippen LogP contribution in [0.3, 0.4) is 0 Å². The molecule has 0 spiro atoms. The molecule has 1 aliphatic rings. The summed E-state index contributed by atoms with van der Waals surface area (Å²) in [6.07, 6.45) is 0. The number of aryl methyl sites for hydroxylation is 2. The van der Waals surface area contributed by atoms with E-state index in [1.54, 1.807) is 18.2 Å². The van der Waals surface area contributed by atoms with Crippen LogP contribution < -0.4 is 0 Å². The molecule has 8 nitrogen and oxygen atoms in total. The molecular weight excluding hydrogens is 452 g/mol. The van der Waals surface area contributed by atoms with Gasteiger partial charge >= 0.3 is 0 Å². The number of carbonyl (C=O) groups excluding carboxylic acids is 1. The minimum atomic E-state index is -3.66. The topological polar surface area (TPSA) is 88.7 Å². The van der Waals surface area contributed by atoms with E-state index in [0.29, 0.717) is 43.3 Å². The van der Waals surface area contributed by atoms with E-state index >= 15 is 0 Å². The van der Waals surface area contributed by atoms with Gasteiger partial charge in [-0.2, -0.15) is 4.31 Å². The number of piperazine rings is 1. The first-order valence-electron chi connectivity index (χ1n) is 10.3. The van der Waals surface area contributed by atoms with Gasteiger partial charge in [0.2, 0.25) is 10.0 Å². The Morgan fingerprint density at radius 3 is 2.41 bits per heavy atom. The molecule has 0 atom stereocenters. The quantitative estimate of drug-likeness (QED) is 0.507. The minimum absolute atomic E-state index is 0.00743. The van der Waals surface area contributed by atoms with Crippen molar-refractivity contribution in [1.29, 1.82) is 0 Å². The van der Waals surface area contributed by atoms with Gasteiger partial charge < -0.3 is 4.52 Å². The Hall–Kier alpha value is -2.46. The largest absolute Gasteiger partial charge is 0.360 e. The minimum Gasteiger partial charge on any atom is -0.360 e. The lowest BCUT2D eigenvalue weighted by Gasteiger charge is -2.33. The number of halogens is 1. The van der Waals surface area contributed by atoms with Gasteiger partial charge in [-0.3, -0.25) is 14.3 Å². The molecule has 1 fully saturated rings. The summed E-state index contributed by atoms with van der Waals surface area (Å²) in [7, 11) is -3.66. The third kappa shape index (κ3) is 4.25. The molecular formula is C22H25ClN4O4S. The van der Waals surface area contributed by atoms with Crippen LogP contribution in [0.2, 0.25) is 5.02 Å². The summed E-state index contributed by atoms with van der Waals surface area (Å²) in [6, 6.07) is 10.1. The fourth-order valence-electron chi connectivity index (χ4n) is 4.07. The molecule has 4 rings (SSSR count). The summed E-state index contributed by atoms with van der Waals surface area (Å²) in [4.78, 5) is 15.1. The standard InChI is InChI=1S/C22H25ClN4O4S/c1-15-12-18(17(3)27(15)22-13-16(2)31-24-22)20(28)14-25-8-10-26(11-9-25)32(29,30)21-7-5-4-6-19(21)23/h4-7,12-13H,8-11,14H2,1-3H3. The molecule has 3 aromatic rings. The highest BCUT2D eigenvalue weighted by atomic mass is 35.5. The molecule has 1 aromatic carbocycles. The van der Waals surface area contributed by atoms with Gasteiger partial charge in [-0.05, 0) is 39.0 Å². The van der Waals surface area contributed by atoms with Crippen LogP contribution in [0, 0.1) is 20.8 Å². The first kappa shape index (κ1) is 22.7. The molecule has 0 aliphatic carbocycles. The molecule has 0 saturated carbocycles. The van der Waals surface area contributed by atoms with E-state index < -0.39 is 10.0 Å². The third-order valence-corrected chi connectivity index (χ3v) is 8.13. The lowest BCUT2D eigenvalue weighted by Crippen LogP contribution is -2.49. The zero-order valence-electron chi connectivity index (χ0n) is 18.2. The third-order valence-electron chi connectivity index (χ3n) is 5.73. The van der Waals surface area contributed by atoms with Crippen molar-refractivity contribution in [1.82, 2.24) is 18.9 Å². The van der Waals surface area contributed by atoms with Crippen molar-refractivity contribution in [3.05, 3.63) is 64.1 Å². The summed E-state index contributed by atoms with van der Waals surface area (Å²) in [5, 5.41) is 4.26. The van der Waals surface area contributed by atoms with Gasteiger partial charge in [0.05, 0.1) is 11.6 Å². The zero-order valence-corrected chi connectivity index (χ0v) is 19.8. The van der Waals surface area contributed by atoms with Crippen molar-refractivity contribution in [2.45, 2.75) is 25.7 Å². The molecule has 170 valence electrons. The fraction of sp³-hybridized carbons (Fsp3) is 0.364. The number of Topliss-reactive ketones (excluding diaryl/α,β-unsaturated/α-hetero) is 1. The van der Waals surface area contributed by atoms with E-state index in [-0.39, 0.29) is 22.2 Å². The molecule has 1 saturated heterocycles. The molecule has 10 heteroatoms. The maximum absolute atomic E-state index is 13.0. The molecule has 0 bridgehead atoms. The number of hydrogen-bond donors (Lipinski definition) is 0. The molecule has 1 aliphatic heterocycles. The second kappa shape index (κ2) is 8.82. The monoisotopic (exact) mass is 476 g/mol. The Labute approximate surface area is 192 Å². The predicted molar refractivity (Wildman–Crippen MR) is 121 cm³/mol. The van der Waals surface area contributed by atoms with Gasteiger partial charge in [-0.1, -0.05) is 28.9 Å². The maximum atomic E-state index is 13.0. The number of sulfonamides is 1. The second-order valence-corrected chi connectivity index (χ2v) is 10.3. The number of aromatic nitrogens is 2. The van der Waals surface area contributed by atoms with Crippen LogP contribution in [0.15, 0.2) is 45.8 Å². The number of hydrogen-bond acceptors (Lipinski definition) is 6. The van der Waals surface area contributed by atoms with Crippen LogP contribution in [-0.2, 0) is 10.0 Å². The van der Waals surface area contributed by atoms with Gasteiger partial charge in [0, 0.05) is 49.2 Å². The fourth-order valence-corrected chi connectivity index (χ4v) is 5.98. The molecule has 2 aromatic heterocycles. The van der Waals surface area contributed by atoms with Crippen molar-refractivity contribution in [3.8, 4) is 5.82 Å². The van der Waals surface area contributed by atoms with Crippen LogP contribution in [0.25, 0.3) is 5.82 Å². The van der Waals surface area contributed by atoms with Gasteiger partial charge in [-0.25, -0.2) is 8.42 Å². The number of ketones is 1. The molecule has 0 radical (unpaired) electrons. The summed E-state index contributed by atoms with van der Waals surface area (Å²) < 4.78 is 34.3. The zero-order chi connectivity index (χ0) is 23.0. The molecule has 0 amide bonds. The van der Waals surface area contributed by atoms with Crippen LogP contribution in [-0.4, -0.2) is 65.9 Å². The average molecular weight is 477 g/mol.